The Kier molecular flexibility index (Phi) is 5.74. The molecule has 0 amide bonds. The normalized spacial score (nSPS) is 11.9. The molecule has 27 heavy (non-hydrogen) atoms. The van der Waals surface area contributed by atoms with Crippen LogP contribution in [-0.2, 0) is 11.5 Å². The number of nitrogen functional groups attached to an aromatic ring is 1. The van der Waals surface area contributed by atoms with Gasteiger partial charge in [0.15, 0.2) is 11.6 Å². The summed E-state index contributed by atoms with van der Waals surface area (Å²) in [6, 6.07) is 8.79. The fraction of sp³-hybridized carbons (Fsp3) is 0.316. The molecule has 0 unspecified atom stereocenters. The first kappa shape index (κ1) is 19.7. The lowest BCUT2D eigenvalue weighted by Gasteiger charge is -2.15. The zero-order valence-corrected chi connectivity index (χ0v) is 17.4. The van der Waals surface area contributed by atoms with Gasteiger partial charge >= 0.3 is 0 Å². The molecule has 3 aromatic rings. The Bertz CT molecular complexity index is 956. The number of anilines is 1. The maximum Gasteiger partial charge on any atom is 0.167 e. The number of hydrogen-bond acceptors (Lipinski definition) is 4. The number of nitrogens with two attached hydrogens (primary N) is 1. The Morgan fingerprint density at radius 3 is 2.67 bits per heavy atom. The highest BCUT2D eigenvalue weighted by atomic mass is 35.5. The van der Waals surface area contributed by atoms with Crippen LogP contribution < -0.4 is 10.5 Å². The first-order valence-corrected chi connectivity index (χ1v) is 12.8. The van der Waals surface area contributed by atoms with Crippen LogP contribution in [0, 0.1) is 5.82 Å². The van der Waals surface area contributed by atoms with Gasteiger partial charge in [-0.1, -0.05) is 31.2 Å². The van der Waals surface area contributed by atoms with E-state index >= 15 is 0 Å². The summed E-state index contributed by atoms with van der Waals surface area (Å²) in [5.74, 6) is -0.0355. The van der Waals surface area contributed by atoms with Gasteiger partial charge in [0.25, 0.3) is 0 Å². The highest BCUT2D eigenvalue weighted by molar-refractivity contribution is 6.76. The van der Waals surface area contributed by atoms with E-state index in [0.29, 0.717) is 30.4 Å². The predicted octanol–water partition coefficient (Wildman–Crippen LogP) is 5.52. The molecule has 0 saturated heterocycles. The minimum Gasteiger partial charge on any atom is -0.453 e. The van der Waals surface area contributed by atoms with E-state index in [1.165, 1.54) is 12.1 Å². The smallest absolute Gasteiger partial charge is 0.167 e. The summed E-state index contributed by atoms with van der Waals surface area (Å²) in [6.45, 7) is 8.00. The summed E-state index contributed by atoms with van der Waals surface area (Å²) in [4.78, 5) is 4.37. The molecular weight excluding hydrogens is 385 g/mol. The van der Waals surface area contributed by atoms with Crippen molar-refractivity contribution in [1.29, 1.82) is 0 Å². The van der Waals surface area contributed by atoms with E-state index < -0.39 is 13.9 Å². The number of fused-ring (bicyclic) bond motifs is 1. The summed E-state index contributed by atoms with van der Waals surface area (Å²) >= 11 is 6.15. The molecule has 144 valence electrons. The fourth-order valence-corrected chi connectivity index (χ4v) is 3.48. The molecule has 2 heterocycles. The molecule has 1 aromatic carbocycles. The third-order valence-corrected chi connectivity index (χ3v) is 5.96. The Balaban J connectivity index is 1.82. The number of ether oxygens (including phenoxy) is 2. The van der Waals surface area contributed by atoms with Crippen molar-refractivity contribution in [3.63, 3.8) is 0 Å². The number of aromatic nitrogens is 2. The average Bonchev–Trinajstić information content (AvgIpc) is 2.96. The van der Waals surface area contributed by atoms with E-state index in [0.717, 1.165) is 11.4 Å². The SMILES string of the molecule is C[Si](C)(C)CCOCn1ccc2c(Oc3ccc(N)cc3F)cc(Cl)nc21. The first-order valence-electron chi connectivity index (χ1n) is 8.69. The third kappa shape index (κ3) is 5.00. The second kappa shape index (κ2) is 7.88. The summed E-state index contributed by atoms with van der Waals surface area (Å²) in [5, 5.41) is 0.986. The van der Waals surface area contributed by atoms with Crippen molar-refractivity contribution < 1.29 is 13.9 Å². The Morgan fingerprint density at radius 2 is 1.96 bits per heavy atom. The number of rotatable bonds is 7. The van der Waals surface area contributed by atoms with Crippen molar-refractivity contribution in [3.8, 4) is 11.5 Å². The molecule has 2 N–H and O–H groups in total. The molecule has 0 saturated carbocycles. The van der Waals surface area contributed by atoms with Crippen LogP contribution in [-0.4, -0.2) is 24.2 Å². The Labute approximate surface area is 163 Å². The minimum atomic E-state index is -1.14. The molecule has 5 nitrogen and oxygen atoms in total. The largest absolute Gasteiger partial charge is 0.453 e. The van der Waals surface area contributed by atoms with Gasteiger partial charge in [-0.3, -0.25) is 0 Å². The van der Waals surface area contributed by atoms with Crippen LogP contribution >= 0.6 is 11.6 Å². The van der Waals surface area contributed by atoms with Crippen LogP contribution in [0.4, 0.5) is 10.1 Å². The highest BCUT2D eigenvalue weighted by Gasteiger charge is 2.15. The maximum absolute atomic E-state index is 14.1. The minimum absolute atomic E-state index is 0.0758. The number of halogens is 2. The van der Waals surface area contributed by atoms with E-state index in [-0.39, 0.29) is 10.9 Å². The molecule has 0 bridgehead atoms. The summed E-state index contributed by atoms with van der Waals surface area (Å²) in [7, 11) is -1.14. The van der Waals surface area contributed by atoms with Gasteiger partial charge in [0.05, 0.1) is 5.39 Å². The van der Waals surface area contributed by atoms with Gasteiger partial charge < -0.3 is 19.8 Å². The molecular formula is C19H23ClFN3O2Si. The number of pyridine rings is 1. The second-order valence-electron chi connectivity index (χ2n) is 7.61. The summed E-state index contributed by atoms with van der Waals surface area (Å²) in [5.41, 5.74) is 6.54. The van der Waals surface area contributed by atoms with Crippen LogP contribution in [0.25, 0.3) is 11.0 Å². The van der Waals surface area contributed by atoms with Gasteiger partial charge in [-0.15, -0.1) is 0 Å². The Hall–Kier alpha value is -2.09. The van der Waals surface area contributed by atoms with Gasteiger partial charge in [0.2, 0.25) is 0 Å². The Morgan fingerprint density at radius 1 is 1.19 bits per heavy atom. The lowest BCUT2D eigenvalue weighted by atomic mass is 10.3. The van der Waals surface area contributed by atoms with Crippen LogP contribution in [0.15, 0.2) is 36.5 Å². The van der Waals surface area contributed by atoms with Crippen LogP contribution in [0.3, 0.4) is 0 Å². The summed E-state index contributed by atoms with van der Waals surface area (Å²) < 4.78 is 27.5. The van der Waals surface area contributed by atoms with Crippen molar-refractivity contribution in [1.82, 2.24) is 9.55 Å². The number of nitrogens with zero attached hydrogens (tertiary/aromatic N) is 2. The zero-order chi connectivity index (χ0) is 19.6. The van der Waals surface area contributed by atoms with Crippen molar-refractivity contribution in [2.45, 2.75) is 32.4 Å². The van der Waals surface area contributed by atoms with E-state index in [4.69, 9.17) is 26.8 Å². The molecule has 0 aliphatic rings. The average molecular weight is 408 g/mol. The maximum atomic E-state index is 14.1. The highest BCUT2D eigenvalue weighted by Crippen LogP contribution is 2.33. The van der Waals surface area contributed by atoms with E-state index in [1.807, 2.05) is 16.8 Å². The van der Waals surface area contributed by atoms with Gasteiger partial charge in [0.1, 0.15) is 23.3 Å². The lowest BCUT2D eigenvalue weighted by molar-refractivity contribution is 0.0899. The van der Waals surface area contributed by atoms with E-state index in [2.05, 4.69) is 24.6 Å². The van der Waals surface area contributed by atoms with Crippen molar-refractivity contribution in [3.05, 3.63) is 47.5 Å². The molecule has 0 aliphatic carbocycles. The lowest BCUT2D eigenvalue weighted by Crippen LogP contribution is -2.22. The van der Waals surface area contributed by atoms with E-state index in [9.17, 15) is 4.39 Å². The third-order valence-electron chi connectivity index (χ3n) is 4.07. The van der Waals surface area contributed by atoms with Crippen molar-refractivity contribution >= 4 is 36.4 Å². The molecule has 0 atom stereocenters. The zero-order valence-electron chi connectivity index (χ0n) is 15.6. The van der Waals surface area contributed by atoms with Crippen molar-refractivity contribution in [2.24, 2.45) is 0 Å². The quantitative estimate of drug-likeness (QED) is 0.242. The van der Waals surface area contributed by atoms with Crippen LogP contribution in [0.1, 0.15) is 0 Å². The molecule has 0 spiro atoms. The number of benzene rings is 1. The summed E-state index contributed by atoms with van der Waals surface area (Å²) in [6.07, 6.45) is 1.86. The van der Waals surface area contributed by atoms with Crippen LogP contribution in [0.2, 0.25) is 30.8 Å². The molecule has 0 radical (unpaired) electrons. The van der Waals surface area contributed by atoms with Gasteiger partial charge in [0, 0.05) is 38.7 Å². The second-order valence-corrected chi connectivity index (χ2v) is 13.6. The predicted molar refractivity (Wildman–Crippen MR) is 110 cm³/mol. The van der Waals surface area contributed by atoms with Crippen LogP contribution in [0.5, 0.6) is 11.5 Å². The molecule has 8 heteroatoms. The topological polar surface area (TPSA) is 62.3 Å². The molecule has 3 rings (SSSR count). The fourth-order valence-electron chi connectivity index (χ4n) is 2.55. The van der Waals surface area contributed by atoms with Gasteiger partial charge in [-0.05, 0) is 24.2 Å². The standard InChI is InChI=1S/C19H23ClFN3O2Si/c1-27(2,3)9-8-25-12-24-7-6-14-17(11-18(20)23-19(14)24)26-16-5-4-13(22)10-15(16)21/h4-7,10-11H,8-9,12,22H2,1-3H3. The molecule has 0 aliphatic heterocycles. The monoisotopic (exact) mass is 407 g/mol. The van der Waals surface area contributed by atoms with Gasteiger partial charge in [-0.25, -0.2) is 9.37 Å². The van der Waals surface area contributed by atoms with Crippen molar-refractivity contribution in [2.75, 3.05) is 12.3 Å². The number of hydrogen-bond donors (Lipinski definition) is 1. The van der Waals surface area contributed by atoms with Gasteiger partial charge in [-0.2, -0.15) is 0 Å². The molecule has 0 fully saturated rings. The molecule has 2 aromatic heterocycles. The first-order chi connectivity index (χ1) is 12.7. The van der Waals surface area contributed by atoms with E-state index in [1.54, 1.807) is 12.1 Å².